The molecule has 0 fully saturated rings. The summed E-state index contributed by atoms with van der Waals surface area (Å²) < 4.78 is 10.3. The Morgan fingerprint density at radius 1 is 1.17 bits per heavy atom. The molecule has 2 aromatic carbocycles. The van der Waals surface area contributed by atoms with Crippen molar-refractivity contribution < 1.29 is 19.4 Å². The van der Waals surface area contributed by atoms with Gasteiger partial charge in [0.2, 0.25) is 0 Å². The molecule has 0 saturated heterocycles. The molecule has 2 aromatic rings. The lowest BCUT2D eigenvalue weighted by Crippen LogP contribution is -2.27. The second-order valence-corrected chi connectivity index (χ2v) is 6.50. The number of carbonyl (C=O) groups excluding carboxylic acids is 1. The van der Waals surface area contributed by atoms with E-state index in [1.807, 2.05) is 45.0 Å². The minimum absolute atomic E-state index is 0.180. The number of hydrogen-bond donors (Lipinski definition) is 2. The maximum Gasteiger partial charge on any atom is 0.412 e. The topological polar surface area (TPSA) is 67.8 Å². The van der Waals surface area contributed by atoms with Crippen LogP contribution in [0.4, 0.5) is 10.5 Å². The number of amides is 1. The highest BCUT2D eigenvalue weighted by atomic mass is 16.6. The van der Waals surface area contributed by atoms with Gasteiger partial charge in [-0.05, 0) is 50.1 Å². The van der Waals surface area contributed by atoms with E-state index < -0.39 is 11.7 Å². The molecular weight excluding hydrogens is 306 g/mol. The maximum atomic E-state index is 11.8. The van der Waals surface area contributed by atoms with Crippen LogP contribution in [0.1, 0.15) is 31.9 Å². The molecule has 2 N–H and O–H groups in total. The summed E-state index contributed by atoms with van der Waals surface area (Å²) in [7, 11) is 1.56. The van der Waals surface area contributed by atoms with Crippen LogP contribution < -0.4 is 10.1 Å². The molecular formula is C19H23NO4. The lowest BCUT2D eigenvalue weighted by Gasteiger charge is -2.19. The van der Waals surface area contributed by atoms with Gasteiger partial charge in [0.15, 0.2) is 0 Å². The average Bonchev–Trinajstić information content (AvgIpc) is 2.47. The van der Waals surface area contributed by atoms with Gasteiger partial charge in [0.05, 0.1) is 7.11 Å². The van der Waals surface area contributed by atoms with Gasteiger partial charge in [-0.15, -0.1) is 0 Å². The molecule has 0 heterocycles. The summed E-state index contributed by atoms with van der Waals surface area (Å²) in [5.41, 5.74) is 1.85. The highest BCUT2D eigenvalue weighted by Gasteiger charge is 2.16. The van der Waals surface area contributed by atoms with Crippen LogP contribution in [0.2, 0.25) is 0 Å². The lowest BCUT2D eigenvalue weighted by atomic mass is 10.0. The van der Waals surface area contributed by atoms with Gasteiger partial charge in [0, 0.05) is 18.2 Å². The number of benzene rings is 2. The van der Waals surface area contributed by atoms with Crippen LogP contribution in [0.25, 0.3) is 0 Å². The standard InChI is InChI=1S/C19H23NO4/c1-19(2,3)24-18(22)20-15-7-5-6-13(11-15)10-14-8-9-16(23-4)12-17(14)21/h5-9,11-12,21H,10H2,1-4H3,(H,20,22). The zero-order valence-electron chi connectivity index (χ0n) is 14.4. The van der Waals surface area contributed by atoms with Gasteiger partial charge < -0.3 is 14.6 Å². The number of phenolic OH excluding ortho intramolecular Hbond substituents is 1. The monoisotopic (exact) mass is 329 g/mol. The molecule has 0 radical (unpaired) electrons. The van der Waals surface area contributed by atoms with Crippen LogP contribution in [0.5, 0.6) is 11.5 Å². The molecule has 0 spiro atoms. The molecule has 1 amide bonds. The van der Waals surface area contributed by atoms with Crippen molar-refractivity contribution in [2.45, 2.75) is 32.8 Å². The largest absolute Gasteiger partial charge is 0.508 e. The summed E-state index contributed by atoms with van der Waals surface area (Å²) >= 11 is 0. The molecule has 2 rings (SSSR count). The Labute approximate surface area is 142 Å². The molecule has 5 heteroatoms. The van der Waals surface area contributed by atoms with Crippen molar-refractivity contribution in [3.63, 3.8) is 0 Å². The predicted octanol–water partition coefficient (Wildman–Crippen LogP) is 4.34. The fourth-order valence-corrected chi connectivity index (χ4v) is 2.22. The molecule has 0 unspecified atom stereocenters. The Bertz CT molecular complexity index is 720. The first kappa shape index (κ1) is 17.7. The molecule has 128 valence electrons. The molecule has 0 aliphatic heterocycles. The van der Waals surface area contributed by atoms with E-state index in [-0.39, 0.29) is 5.75 Å². The number of methoxy groups -OCH3 is 1. The van der Waals surface area contributed by atoms with E-state index in [0.29, 0.717) is 17.9 Å². The van der Waals surface area contributed by atoms with Crippen molar-refractivity contribution in [1.29, 1.82) is 0 Å². The number of carbonyl (C=O) groups is 1. The number of nitrogens with one attached hydrogen (secondary N) is 1. The fourth-order valence-electron chi connectivity index (χ4n) is 2.22. The zero-order chi connectivity index (χ0) is 17.7. The molecule has 0 saturated carbocycles. The van der Waals surface area contributed by atoms with Gasteiger partial charge in [-0.1, -0.05) is 18.2 Å². The first-order valence-corrected chi connectivity index (χ1v) is 7.71. The van der Waals surface area contributed by atoms with Crippen LogP contribution in [0.3, 0.4) is 0 Å². The van der Waals surface area contributed by atoms with E-state index in [0.717, 1.165) is 11.1 Å². The van der Waals surface area contributed by atoms with Crippen molar-refractivity contribution in [3.8, 4) is 11.5 Å². The average molecular weight is 329 g/mol. The van der Waals surface area contributed by atoms with Gasteiger partial charge in [0.25, 0.3) is 0 Å². The molecule has 0 atom stereocenters. The zero-order valence-corrected chi connectivity index (χ0v) is 14.4. The number of rotatable bonds is 4. The molecule has 0 bridgehead atoms. The van der Waals surface area contributed by atoms with Crippen molar-refractivity contribution in [2.24, 2.45) is 0 Å². The highest BCUT2D eigenvalue weighted by Crippen LogP contribution is 2.26. The quantitative estimate of drug-likeness (QED) is 0.875. The number of ether oxygens (including phenoxy) is 2. The normalized spacial score (nSPS) is 11.0. The Morgan fingerprint density at radius 2 is 1.92 bits per heavy atom. The van der Waals surface area contributed by atoms with Gasteiger partial charge in [-0.25, -0.2) is 4.79 Å². The fraction of sp³-hybridized carbons (Fsp3) is 0.316. The number of aromatic hydroxyl groups is 1. The van der Waals surface area contributed by atoms with Crippen LogP contribution in [0.15, 0.2) is 42.5 Å². The third-order valence-electron chi connectivity index (χ3n) is 3.26. The van der Waals surface area contributed by atoms with Crippen LogP contribution >= 0.6 is 0 Å². The van der Waals surface area contributed by atoms with Crippen LogP contribution in [-0.2, 0) is 11.2 Å². The summed E-state index contributed by atoms with van der Waals surface area (Å²) in [5.74, 6) is 0.788. The van der Waals surface area contributed by atoms with E-state index in [4.69, 9.17) is 9.47 Å². The predicted molar refractivity (Wildman–Crippen MR) is 93.8 cm³/mol. The third kappa shape index (κ3) is 5.19. The van der Waals surface area contributed by atoms with Gasteiger partial charge in [-0.3, -0.25) is 5.32 Å². The number of phenols is 1. The summed E-state index contributed by atoms with van der Waals surface area (Å²) in [5, 5.41) is 12.8. The minimum Gasteiger partial charge on any atom is -0.508 e. The Balaban J connectivity index is 2.09. The first-order chi connectivity index (χ1) is 11.3. The Morgan fingerprint density at radius 3 is 2.54 bits per heavy atom. The van der Waals surface area contributed by atoms with Crippen molar-refractivity contribution in [2.75, 3.05) is 12.4 Å². The number of anilines is 1. The second-order valence-electron chi connectivity index (χ2n) is 6.50. The van der Waals surface area contributed by atoms with Crippen LogP contribution in [-0.4, -0.2) is 23.9 Å². The van der Waals surface area contributed by atoms with E-state index in [2.05, 4.69) is 5.32 Å². The van der Waals surface area contributed by atoms with Gasteiger partial charge in [-0.2, -0.15) is 0 Å². The van der Waals surface area contributed by atoms with Crippen molar-refractivity contribution in [3.05, 3.63) is 53.6 Å². The Kier molecular flexibility index (Phi) is 5.34. The summed E-state index contributed by atoms with van der Waals surface area (Å²) in [4.78, 5) is 11.8. The highest BCUT2D eigenvalue weighted by molar-refractivity contribution is 5.84. The smallest absolute Gasteiger partial charge is 0.412 e. The molecule has 5 nitrogen and oxygen atoms in total. The van der Waals surface area contributed by atoms with E-state index >= 15 is 0 Å². The number of hydrogen-bond acceptors (Lipinski definition) is 4. The van der Waals surface area contributed by atoms with Crippen LogP contribution in [0, 0.1) is 0 Å². The van der Waals surface area contributed by atoms with Gasteiger partial charge in [0.1, 0.15) is 17.1 Å². The van der Waals surface area contributed by atoms with E-state index in [9.17, 15) is 9.90 Å². The summed E-state index contributed by atoms with van der Waals surface area (Å²) in [6.45, 7) is 5.44. The lowest BCUT2D eigenvalue weighted by molar-refractivity contribution is 0.0636. The van der Waals surface area contributed by atoms with E-state index in [1.165, 1.54) is 0 Å². The second kappa shape index (κ2) is 7.25. The molecule has 0 aromatic heterocycles. The van der Waals surface area contributed by atoms with Crippen molar-refractivity contribution in [1.82, 2.24) is 0 Å². The minimum atomic E-state index is -0.545. The molecule has 24 heavy (non-hydrogen) atoms. The SMILES string of the molecule is COc1ccc(Cc2cccc(NC(=O)OC(C)(C)C)c2)c(O)c1. The third-order valence-corrected chi connectivity index (χ3v) is 3.26. The van der Waals surface area contributed by atoms with Crippen molar-refractivity contribution >= 4 is 11.8 Å². The Hall–Kier alpha value is -2.69. The first-order valence-electron chi connectivity index (χ1n) is 7.71. The summed E-state index contributed by atoms with van der Waals surface area (Å²) in [6, 6.07) is 12.6. The molecule has 0 aliphatic carbocycles. The molecule has 0 aliphatic rings. The maximum absolute atomic E-state index is 11.8. The van der Waals surface area contributed by atoms with Gasteiger partial charge >= 0.3 is 6.09 Å². The summed E-state index contributed by atoms with van der Waals surface area (Å²) in [6.07, 6.45) is 0.0478. The van der Waals surface area contributed by atoms with E-state index in [1.54, 1.807) is 25.3 Å².